The quantitative estimate of drug-likeness (QED) is 0.620. The largest absolute Gasteiger partial charge is 0.394 e. The third-order valence-electron chi connectivity index (χ3n) is 5.47. The van der Waals surface area contributed by atoms with Gasteiger partial charge in [0.2, 0.25) is 5.91 Å². The summed E-state index contributed by atoms with van der Waals surface area (Å²) in [4.78, 5) is 19.6. The summed E-state index contributed by atoms with van der Waals surface area (Å²) >= 11 is 6.05. The summed E-state index contributed by atoms with van der Waals surface area (Å²) in [6, 6.07) is 9.22. The maximum absolute atomic E-state index is 12.8. The van der Waals surface area contributed by atoms with Crippen LogP contribution in [-0.4, -0.2) is 41.7 Å². The van der Waals surface area contributed by atoms with Crippen LogP contribution in [0.5, 0.6) is 0 Å². The molecule has 1 amide bonds. The number of amides is 1. The van der Waals surface area contributed by atoms with Gasteiger partial charge in [-0.3, -0.25) is 4.79 Å². The molecular formula is C23H31ClN4O2. The van der Waals surface area contributed by atoms with Crippen LogP contribution in [0.25, 0.3) is 0 Å². The fraction of sp³-hybridized carbons (Fsp3) is 0.478. The zero-order valence-corrected chi connectivity index (χ0v) is 18.6. The number of rotatable bonds is 7. The van der Waals surface area contributed by atoms with Crippen molar-refractivity contribution in [2.45, 2.75) is 45.7 Å². The van der Waals surface area contributed by atoms with Crippen molar-refractivity contribution in [3.8, 4) is 0 Å². The van der Waals surface area contributed by atoms with Crippen LogP contribution in [0.15, 0.2) is 36.5 Å². The fourth-order valence-electron chi connectivity index (χ4n) is 3.86. The molecule has 1 fully saturated rings. The van der Waals surface area contributed by atoms with Crippen LogP contribution in [-0.2, 0) is 4.79 Å². The van der Waals surface area contributed by atoms with Gasteiger partial charge >= 0.3 is 0 Å². The predicted molar refractivity (Wildman–Crippen MR) is 122 cm³/mol. The van der Waals surface area contributed by atoms with E-state index in [0.717, 1.165) is 42.9 Å². The number of anilines is 2. The number of halogens is 1. The highest BCUT2D eigenvalue weighted by Crippen LogP contribution is 2.28. The Morgan fingerprint density at radius 3 is 2.67 bits per heavy atom. The molecule has 1 aliphatic heterocycles. The lowest BCUT2D eigenvalue weighted by atomic mass is 9.94. The van der Waals surface area contributed by atoms with Crippen molar-refractivity contribution >= 4 is 29.0 Å². The van der Waals surface area contributed by atoms with Crippen LogP contribution >= 0.6 is 11.6 Å². The molecule has 2 aromatic rings. The average molecular weight is 431 g/mol. The monoisotopic (exact) mass is 430 g/mol. The minimum absolute atomic E-state index is 0.0118. The normalized spacial score (nSPS) is 15.9. The molecule has 1 saturated heterocycles. The summed E-state index contributed by atoms with van der Waals surface area (Å²) in [6.45, 7) is 7.71. The summed E-state index contributed by atoms with van der Waals surface area (Å²) in [5.41, 5.74) is 3.11. The molecule has 1 aromatic heterocycles. The number of hydrogen-bond acceptors (Lipinski definition) is 5. The van der Waals surface area contributed by atoms with Crippen molar-refractivity contribution in [3.05, 3.63) is 52.7 Å². The van der Waals surface area contributed by atoms with Gasteiger partial charge in [0, 0.05) is 48.0 Å². The van der Waals surface area contributed by atoms with Crippen LogP contribution < -0.4 is 15.5 Å². The van der Waals surface area contributed by atoms with E-state index in [2.05, 4.69) is 47.4 Å². The Balaban J connectivity index is 1.60. The van der Waals surface area contributed by atoms with Crippen molar-refractivity contribution in [2.24, 2.45) is 5.92 Å². The molecular weight excluding hydrogens is 400 g/mol. The number of pyridine rings is 1. The second-order valence-electron chi connectivity index (χ2n) is 8.22. The van der Waals surface area contributed by atoms with Gasteiger partial charge in [-0.1, -0.05) is 23.7 Å². The highest BCUT2D eigenvalue weighted by molar-refractivity contribution is 6.30. The SMILES string of the molecule is Cc1cnc(NC(C)C)cc1N1CCC(C(=O)N[C@H](CO)c2cccc(Cl)c2)CC1. The lowest BCUT2D eigenvalue weighted by molar-refractivity contribution is -0.126. The number of aliphatic hydroxyl groups is 1. The van der Waals surface area contributed by atoms with E-state index >= 15 is 0 Å². The summed E-state index contributed by atoms with van der Waals surface area (Å²) in [7, 11) is 0. The van der Waals surface area contributed by atoms with E-state index in [1.807, 2.05) is 18.3 Å². The van der Waals surface area contributed by atoms with E-state index in [-0.39, 0.29) is 18.4 Å². The lowest BCUT2D eigenvalue weighted by Gasteiger charge is -2.34. The van der Waals surface area contributed by atoms with Crippen LogP contribution in [0, 0.1) is 12.8 Å². The Bertz CT molecular complexity index is 866. The highest BCUT2D eigenvalue weighted by atomic mass is 35.5. The second-order valence-corrected chi connectivity index (χ2v) is 8.65. The molecule has 6 nitrogen and oxygen atoms in total. The molecule has 3 rings (SSSR count). The van der Waals surface area contributed by atoms with E-state index in [1.165, 1.54) is 5.69 Å². The van der Waals surface area contributed by atoms with Gasteiger partial charge in [0.15, 0.2) is 0 Å². The Hall–Kier alpha value is -2.31. The first-order chi connectivity index (χ1) is 14.4. The van der Waals surface area contributed by atoms with Gasteiger partial charge in [0.1, 0.15) is 5.82 Å². The number of nitrogens with one attached hydrogen (secondary N) is 2. The van der Waals surface area contributed by atoms with E-state index in [0.29, 0.717) is 11.1 Å². The summed E-state index contributed by atoms with van der Waals surface area (Å²) in [6.07, 6.45) is 3.44. The number of aromatic nitrogens is 1. The van der Waals surface area contributed by atoms with Crippen LogP contribution in [0.3, 0.4) is 0 Å². The minimum Gasteiger partial charge on any atom is -0.394 e. The minimum atomic E-state index is -0.443. The van der Waals surface area contributed by atoms with Crippen LogP contribution in [0.2, 0.25) is 5.02 Å². The third kappa shape index (κ3) is 5.64. The lowest BCUT2D eigenvalue weighted by Crippen LogP contribution is -2.42. The highest BCUT2D eigenvalue weighted by Gasteiger charge is 2.27. The summed E-state index contributed by atoms with van der Waals surface area (Å²) < 4.78 is 0. The molecule has 3 N–H and O–H groups in total. The van der Waals surface area contributed by atoms with E-state index in [9.17, 15) is 9.90 Å². The number of hydrogen-bond donors (Lipinski definition) is 3. The summed E-state index contributed by atoms with van der Waals surface area (Å²) in [5, 5.41) is 16.7. The zero-order valence-electron chi connectivity index (χ0n) is 17.9. The average Bonchev–Trinajstić information content (AvgIpc) is 2.73. The number of nitrogens with zero attached hydrogens (tertiary/aromatic N) is 2. The smallest absolute Gasteiger partial charge is 0.223 e. The number of aliphatic hydroxyl groups excluding tert-OH is 1. The third-order valence-corrected chi connectivity index (χ3v) is 5.70. The van der Waals surface area contributed by atoms with Crippen molar-refractivity contribution in [2.75, 3.05) is 29.9 Å². The van der Waals surface area contributed by atoms with Crippen molar-refractivity contribution < 1.29 is 9.90 Å². The molecule has 0 radical (unpaired) electrons. The van der Waals surface area contributed by atoms with Gasteiger partial charge in [-0.25, -0.2) is 4.98 Å². The first-order valence-corrected chi connectivity index (χ1v) is 10.9. The number of piperidine rings is 1. The molecule has 0 saturated carbocycles. The fourth-order valence-corrected chi connectivity index (χ4v) is 4.06. The van der Waals surface area contributed by atoms with E-state index in [1.54, 1.807) is 12.1 Å². The molecule has 0 bridgehead atoms. The first kappa shape index (κ1) is 22.4. The Labute approximate surface area is 183 Å². The van der Waals surface area contributed by atoms with Crippen molar-refractivity contribution in [1.82, 2.24) is 10.3 Å². The van der Waals surface area contributed by atoms with Crippen molar-refractivity contribution in [1.29, 1.82) is 0 Å². The molecule has 1 aliphatic rings. The Morgan fingerprint density at radius 1 is 1.30 bits per heavy atom. The molecule has 162 valence electrons. The molecule has 0 aliphatic carbocycles. The molecule has 30 heavy (non-hydrogen) atoms. The molecule has 1 aromatic carbocycles. The zero-order chi connectivity index (χ0) is 21.7. The Morgan fingerprint density at radius 2 is 2.03 bits per heavy atom. The maximum atomic E-state index is 12.8. The first-order valence-electron chi connectivity index (χ1n) is 10.5. The molecule has 0 spiro atoms. The van der Waals surface area contributed by atoms with Gasteiger partial charge in [0.05, 0.1) is 12.6 Å². The van der Waals surface area contributed by atoms with Gasteiger partial charge in [-0.15, -0.1) is 0 Å². The van der Waals surface area contributed by atoms with Crippen LogP contribution in [0.1, 0.15) is 43.9 Å². The molecule has 7 heteroatoms. The van der Waals surface area contributed by atoms with Gasteiger partial charge in [0.25, 0.3) is 0 Å². The van der Waals surface area contributed by atoms with E-state index < -0.39 is 6.04 Å². The number of benzene rings is 1. The summed E-state index contributed by atoms with van der Waals surface area (Å²) in [5.74, 6) is 0.796. The number of carbonyl (C=O) groups is 1. The molecule has 0 unspecified atom stereocenters. The molecule has 1 atom stereocenters. The Kier molecular flexibility index (Phi) is 7.56. The number of carbonyl (C=O) groups excluding carboxylic acids is 1. The standard InChI is InChI=1S/C23H31ClN4O2/c1-15(2)26-22-12-21(16(3)13-25-22)28-9-7-17(8-10-28)23(30)27-20(14-29)18-5-4-6-19(24)11-18/h4-6,11-13,15,17,20,29H,7-10,14H2,1-3H3,(H,25,26)(H,27,30)/t20-/m1/s1. The van der Waals surface area contributed by atoms with Crippen LogP contribution in [0.4, 0.5) is 11.5 Å². The predicted octanol–water partition coefficient (Wildman–Crippen LogP) is 3.93. The van der Waals surface area contributed by atoms with E-state index in [4.69, 9.17) is 11.6 Å². The van der Waals surface area contributed by atoms with Gasteiger partial charge in [-0.05, 0) is 56.9 Å². The maximum Gasteiger partial charge on any atom is 0.223 e. The molecule has 2 heterocycles. The number of aryl methyl sites for hydroxylation is 1. The van der Waals surface area contributed by atoms with Gasteiger partial charge < -0.3 is 20.6 Å². The van der Waals surface area contributed by atoms with Crippen molar-refractivity contribution in [3.63, 3.8) is 0 Å². The van der Waals surface area contributed by atoms with Gasteiger partial charge in [-0.2, -0.15) is 0 Å². The second kappa shape index (κ2) is 10.1. The topological polar surface area (TPSA) is 77.5 Å².